The molecule has 4 heteroatoms. The molecule has 25 heavy (non-hydrogen) atoms. The van der Waals surface area contributed by atoms with Crippen LogP contribution >= 0.6 is 0 Å². The van der Waals surface area contributed by atoms with Gasteiger partial charge in [-0.3, -0.25) is 0 Å². The molecule has 0 aliphatic rings. The normalized spacial score (nSPS) is 11.2. The summed E-state index contributed by atoms with van der Waals surface area (Å²) in [5.74, 6) is 0.778. The molecule has 0 unspecified atom stereocenters. The highest BCUT2D eigenvalue weighted by Gasteiger charge is 2.02. The summed E-state index contributed by atoms with van der Waals surface area (Å²) in [4.78, 5) is 1.58. The van der Waals surface area contributed by atoms with Gasteiger partial charge in [-0.25, -0.2) is 0 Å². The average molecular weight is 327 g/mol. The van der Waals surface area contributed by atoms with Crippen molar-refractivity contribution in [2.45, 2.75) is 0 Å². The molecule has 0 N–H and O–H groups in total. The molecular formula is C21H17N3O. The number of aromatic nitrogens is 3. The number of hydrogen-bond acceptors (Lipinski definition) is 3. The maximum atomic E-state index is 5.21. The molecule has 4 nitrogen and oxygen atoms in total. The predicted octanol–water partition coefficient (Wildman–Crippen LogP) is 4.73. The van der Waals surface area contributed by atoms with Crippen LogP contribution in [0.3, 0.4) is 0 Å². The first kappa shape index (κ1) is 15.1. The number of fused-ring (bicyclic) bond motifs is 1. The number of hydrogen-bond donors (Lipinski definition) is 0. The molecule has 0 atom stereocenters. The first-order valence-corrected chi connectivity index (χ1v) is 8.06. The van der Waals surface area contributed by atoms with Crippen LogP contribution in [-0.2, 0) is 0 Å². The van der Waals surface area contributed by atoms with Gasteiger partial charge in [-0.2, -0.15) is 4.80 Å². The Morgan fingerprint density at radius 2 is 1.52 bits per heavy atom. The SMILES string of the molecule is COc1ccc2nn(C=Cc3ccc(-c4ccccc4)cc3)nc2c1. The third kappa shape index (κ3) is 3.28. The van der Waals surface area contributed by atoms with Crippen molar-refractivity contribution in [1.29, 1.82) is 0 Å². The summed E-state index contributed by atoms with van der Waals surface area (Å²) in [6.45, 7) is 0. The Labute approximate surface area is 146 Å². The van der Waals surface area contributed by atoms with Crippen molar-refractivity contribution in [1.82, 2.24) is 15.0 Å². The highest BCUT2D eigenvalue weighted by Crippen LogP contribution is 2.20. The van der Waals surface area contributed by atoms with Gasteiger partial charge in [0.15, 0.2) is 0 Å². The Morgan fingerprint density at radius 3 is 2.28 bits per heavy atom. The molecule has 3 aromatic carbocycles. The van der Waals surface area contributed by atoms with Gasteiger partial charge in [-0.05, 0) is 34.9 Å². The maximum absolute atomic E-state index is 5.21. The van der Waals surface area contributed by atoms with Gasteiger partial charge in [0.2, 0.25) is 0 Å². The lowest BCUT2D eigenvalue weighted by Crippen LogP contribution is -1.90. The van der Waals surface area contributed by atoms with Gasteiger partial charge < -0.3 is 4.74 Å². The zero-order chi connectivity index (χ0) is 17.1. The molecule has 0 aliphatic carbocycles. The fraction of sp³-hybridized carbons (Fsp3) is 0.0476. The molecule has 0 saturated carbocycles. The van der Waals surface area contributed by atoms with Crippen molar-refractivity contribution < 1.29 is 4.74 Å². The van der Waals surface area contributed by atoms with E-state index in [1.54, 1.807) is 11.9 Å². The molecule has 0 radical (unpaired) electrons. The minimum atomic E-state index is 0.778. The van der Waals surface area contributed by atoms with Gasteiger partial charge in [0.25, 0.3) is 0 Å². The minimum absolute atomic E-state index is 0.778. The van der Waals surface area contributed by atoms with E-state index < -0.39 is 0 Å². The second-order valence-corrected chi connectivity index (χ2v) is 5.68. The van der Waals surface area contributed by atoms with Gasteiger partial charge in [0.05, 0.1) is 13.3 Å². The van der Waals surface area contributed by atoms with E-state index in [1.165, 1.54) is 11.1 Å². The summed E-state index contributed by atoms with van der Waals surface area (Å²) in [5.41, 5.74) is 5.16. The zero-order valence-electron chi connectivity index (χ0n) is 13.8. The molecule has 1 aromatic heterocycles. The number of nitrogens with zero attached hydrogens (tertiary/aromatic N) is 3. The fourth-order valence-electron chi connectivity index (χ4n) is 2.67. The smallest absolute Gasteiger partial charge is 0.121 e. The maximum Gasteiger partial charge on any atom is 0.121 e. The van der Waals surface area contributed by atoms with Crippen LogP contribution < -0.4 is 4.74 Å². The van der Waals surface area contributed by atoms with E-state index >= 15 is 0 Å². The quantitative estimate of drug-likeness (QED) is 0.544. The van der Waals surface area contributed by atoms with Gasteiger partial charge in [-0.1, -0.05) is 54.6 Å². The molecule has 0 spiro atoms. The third-order valence-corrected chi connectivity index (χ3v) is 4.02. The zero-order valence-corrected chi connectivity index (χ0v) is 13.8. The van der Waals surface area contributed by atoms with Crippen molar-refractivity contribution >= 4 is 23.3 Å². The van der Waals surface area contributed by atoms with Crippen LogP contribution in [0.4, 0.5) is 0 Å². The van der Waals surface area contributed by atoms with E-state index in [1.807, 2.05) is 48.7 Å². The Kier molecular flexibility index (Phi) is 4.01. The monoisotopic (exact) mass is 327 g/mol. The van der Waals surface area contributed by atoms with E-state index in [0.29, 0.717) is 0 Å². The lowest BCUT2D eigenvalue weighted by Gasteiger charge is -2.01. The number of methoxy groups -OCH3 is 1. The van der Waals surface area contributed by atoms with Crippen molar-refractivity contribution in [2.24, 2.45) is 0 Å². The Balaban J connectivity index is 1.55. The molecule has 122 valence electrons. The second-order valence-electron chi connectivity index (χ2n) is 5.68. The van der Waals surface area contributed by atoms with Crippen LogP contribution in [0.25, 0.3) is 34.4 Å². The first-order chi connectivity index (χ1) is 12.3. The van der Waals surface area contributed by atoms with E-state index in [0.717, 1.165) is 22.3 Å². The Bertz CT molecular complexity index is 1020. The van der Waals surface area contributed by atoms with Gasteiger partial charge >= 0.3 is 0 Å². The summed E-state index contributed by atoms with van der Waals surface area (Å²) in [6.07, 6.45) is 3.84. The molecular weight excluding hydrogens is 310 g/mol. The molecule has 4 aromatic rings. The van der Waals surface area contributed by atoms with E-state index in [4.69, 9.17) is 4.74 Å². The summed E-state index contributed by atoms with van der Waals surface area (Å²) in [7, 11) is 1.64. The summed E-state index contributed by atoms with van der Waals surface area (Å²) in [6, 6.07) is 24.4. The second kappa shape index (κ2) is 6.61. The molecule has 4 rings (SSSR count). The van der Waals surface area contributed by atoms with Gasteiger partial charge in [-0.15, -0.1) is 10.2 Å². The number of benzene rings is 3. The van der Waals surface area contributed by atoms with Crippen LogP contribution in [-0.4, -0.2) is 22.1 Å². The van der Waals surface area contributed by atoms with Crippen LogP contribution in [0.5, 0.6) is 5.75 Å². The molecule has 0 bridgehead atoms. The third-order valence-electron chi connectivity index (χ3n) is 4.02. The van der Waals surface area contributed by atoms with Crippen LogP contribution in [0.1, 0.15) is 5.56 Å². The summed E-state index contributed by atoms with van der Waals surface area (Å²) in [5, 5.41) is 8.87. The van der Waals surface area contributed by atoms with Crippen LogP contribution in [0.2, 0.25) is 0 Å². The molecule has 0 fully saturated rings. The fourth-order valence-corrected chi connectivity index (χ4v) is 2.67. The van der Waals surface area contributed by atoms with Crippen molar-refractivity contribution in [3.63, 3.8) is 0 Å². The molecule has 0 amide bonds. The van der Waals surface area contributed by atoms with Crippen LogP contribution in [0, 0.1) is 0 Å². The highest BCUT2D eigenvalue weighted by molar-refractivity contribution is 5.76. The summed E-state index contributed by atoms with van der Waals surface area (Å²) < 4.78 is 5.21. The lowest BCUT2D eigenvalue weighted by atomic mass is 10.0. The number of rotatable bonds is 4. The average Bonchev–Trinajstić information content (AvgIpc) is 3.09. The lowest BCUT2D eigenvalue weighted by molar-refractivity contribution is 0.415. The largest absolute Gasteiger partial charge is 0.497 e. The van der Waals surface area contributed by atoms with E-state index in [-0.39, 0.29) is 0 Å². The molecule has 0 saturated heterocycles. The minimum Gasteiger partial charge on any atom is -0.497 e. The predicted molar refractivity (Wildman–Crippen MR) is 101 cm³/mol. The first-order valence-electron chi connectivity index (χ1n) is 8.06. The standard InChI is InChI=1S/C21H17N3O/c1-25-19-11-12-20-21(15-19)23-24(22-20)14-13-16-7-9-18(10-8-16)17-5-3-2-4-6-17/h2-15H,1H3. The van der Waals surface area contributed by atoms with E-state index in [2.05, 4.69) is 46.6 Å². The molecule has 1 heterocycles. The Morgan fingerprint density at radius 1 is 0.800 bits per heavy atom. The van der Waals surface area contributed by atoms with Crippen molar-refractivity contribution in [3.05, 3.63) is 78.4 Å². The number of ether oxygens (including phenoxy) is 1. The van der Waals surface area contributed by atoms with Crippen molar-refractivity contribution in [3.8, 4) is 16.9 Å². The Hall–Kier alpha value is -3.40. The van der Waals surface area contributed by atoms with Gasteiger partial charge in [0.1, 0.15) is 16.8 Å². The van der Waals surface area contributed by atoms with Crippen LogP contribution in [0.15, 0.2) is 72.8 Å². The topological polar surface area (TPSA) is 39.9 Å². The van der Waals surface area contributed by atoms with E-state index in [9.17, 15) is 0 Å². The summed E-state index contributed by atoms with van der Waals surface area (Å²) >= 11 is 0. The highest BCUT2D eigenvalue weighted by atomic mass is 16.5. The van der Waals surface area contributed by atoms with Gasteiger partial charge in [0, 0.05) is 6.07 Å². The molecule has 0 aliphatic heterocycles. The van der Waals surface area contributed by atoms with Crippen molar-refractivity contribution in [2.75, 3.05) is 7.11 Å².